The van der Waals surface area contributed by atoms with E-state index in [1.165, 1.54) is 4.90 Å². The second-order valence-electron chi connectivity index (χ2n) is 4.55. The lowest BCUT2D eigenvalue weighted by Gasteiger charge is -2.17. The first kappa shape index (κ1) is 14.3. The van der Waals surface area contributed by atoms with Crippen molar-refractivity contribution in [2.75, 3.05) is 19.7 Å². The predicted molar refractivity (Wildman–Crippen MR) is 75.3 cm³/mol. The zero-order chi connectivity index (χ0) is 14.5. The van der Waals surface area contributed by atoms with Crippen molar-refractivity contribution in [3.8, 4) is 11.3 Å². The molecule has 1 N–H and O–H groups in total. The molecule has 0 bridgehead atoms. The minimum Gasteiger partial charge on any atom is -0.395 e. The normalized spacial score (nSPS) is 10.6. The number of hydrogen-bond acceptors (Lipinski definition) is 4. The minimum atomic E-state index is -0.257. The maximum absolute atomic E-state index is 12.1. The monoisotopic (exact) mass is 274 g/mol. The van der Waals surface area contributed by atoms with Gasteiger partial charge in [-0.05, 0) is 13.8 Å². The van der Waals surface area contributed by atoms with E-state index < -0.39 is 0 Å². The third-order valence-corrected chi connectivity index (χ3v) is 3.11. The summed E-state index contributed by atoms with van der Waals surface area (Å²) in [5.41, 5.74) is 2.70. The molecule has 0 unspecified atom stereocenters. The SMILES string of the molecule is CCN(CCO)C(=O)c1cc(-c2ccc(C)cc2)no1. The van der Waals surface area contributed by atoms with Crippen molar-refractivity contribution in [2.24, 2.45) is 0 Å². The Morgan fingerprint density at radius 2 is 2.05 bits per heavy atom. The van der Waals surface area contributed by atoms with E-state index in [0.717, 1.165) is 11.1 Å². The number of aliphatic hydroxyl groups is 1. The summed E-state index contributed by atoms with van der Waals surface area (Å²) in [6.45, 7) is 4.59. The number of aromatic nitrogens is 1. The molecule has 1 aromatic heterocycles. The van der Waals surface area contributed by atoms with Crippen LogP contribution in [0.25, 0.3) is 11.3 Å². The molecule has 1 heterocycles. The predicted octanol–water partition coefficient (Wildman–Crippen LogP) is 2.10. The molecule has 20 heavy (non-hydrogen) atoms. The van der Waals surface area contributed by atoms with E-state index in [2.05, 4.69) is 5.16 Å². The molecule has 0 fully saturated rings. The molecule has 1 aromatic carbocycles. The molecule has 0 atom stereocenters. The van der Waals surface area contributed by atoms with E-state index in [-0.39, 0.29) is 24.8 Å². The zero-order valence-corrected chi connectivity index (χ0v) is 11.7. The van der Waals surface area contributed by atoms with E-state index in [9.17, 15) is 4.79 Å². The fourth-order valence-electron chi connectivity index (χ4n) is 1.92. The highest BCUT2D eigenvalue weighted by molar-refractivity contribution is 5.92. The van der Waals surface area contributed by atoms with Gasteiger partial charge in [-0.2, -0.15) is 0 Å². The van der Waals surface area contributed by atoms with Gasteiger partial charge in [0.15, 0.2) is 0 Å². The van der Waals surface area contributed by atoms with Crippen molar-refractivity contribution in [1.29, 1.82) is 0 Å². The number of hydrogen-bond donors (Lipinski definition) is 1. The van der Waals surface area contributed by atoms with Crippen LogP contribution in [0.3, 0.4) is 0 Å². The number of rotatable bonds is 5. The number of aliphatic hydroxyl groups excluding tert-OH is 1. The maximum Gasteiger partial charge on any atom is 0.292 e. The number of benzene rings is 1. The molecule has 0 aliphatic heterocycles. The Balaban J connectivity index is 2.20. The van der Waals surface area contributed by atoms with Crippen LogP contribution in [-0.4, -0.2) is 40.8 Å². The molecule has 0 saturated heterocycles. The maximum atomic E-state index is 12.1. The number of carbonyl (C=O) groups is 1. The van der Waals surface area contributed by atoms with Crippen LogP contribution >= 0.6 is 0 Å². The number of carbonyl (C=O) groups excluding carboxylic acids is 1. The highest BCUT2D eigenvalue weighted by Crippen LogP contribution is 2.20. The van der Waals surface area contributed by atoms with Gasteiger partial charge in [0, 0.05) is 24.7 Å². The van der Waals surface area contributed by atoms with Crippen LogP contribution in [-0.2, 0) is 0 Å². The summed E-state index contributed by atoms with van der Waals surface area (Å²) in [7, 11) is 0. The van der Waals surface area contributed by atoms with Gasteiger partial charge >= 0.3 is 0 Å². The second kappa shape index (κ2) is 6.34. The molecule has 0 radical (unpaired) electrons. The molecule has 0 aliphatic carbocycles. The van der Waals surface area contributed by atoms with Gasteiger partial charge in [-0.25, -0.2) is 0 Å². The first-order chi connectivity index (χ1) is 9.65. The lowest BCUT2D eigenvalue weighted by molar-refractivity contribution is 0.0690. The van der Waals surface area contributed by atoms with Crippen LogP contribution in [0.1, 0.15) is 23.0 Å². The Labute approximate surface area is 117 Å². The Kier molecular flexibility index (Phi) is 4.53. The van der Waals surface area contributed by atoms with Crippen molar-refractivity contribution in [3.05, 3.63) is 41.7 Å². The molecule has 0 saturated carbocycles. The van der Waals surface area contributed by atoms with Gasteiger partial charge in [-0.3, -0.25) is 4.79 Å². The molecule has 0 aliphatic rings. The van der Waals surface area contributed by atoms with Crippen LogP contribution in [0.5, 0.6) is 0 Å². The Morgan fingerprint density at radius 1 is 1.35 bits per heavy atom. The Hall–Kier alpha value is -2.14. The largest absolute Gasteiger partial charge is 0.395 e. The van der Waals surface area contributed by atoms with Crippen LogP contribution in [0, 0.1) is 6.92 Å². The number of likely N-dealkylation sites (N-methyl/N-ethyl adjacent to an activating group) is 1. The van der Waals surface area contributed by atoms with Crippen molar-refractivity contribution in [2.45, 2.75) is 13.8 Å². The first-order valence-corrected chi connectivity index (χ1v) is 6.59. The topological polar surface area (TPSA) is 66.6 Å². The van der Waals surface area contributed by atoms with Crippen LogP contribution in [0.15, 0.2) is 34.9 Å². The van der Waals surface area contributed by atoms with Crippen LogP contribution < -0.4 is 0 Å². The average molecular weight is 274 g/mol. The van der Waals surface area contributed by atoms with E-state index in [0.29, 0.717) is 12.2 Å². The lowest BCUT2D eigenvalue weighted by atomic mass is 10.1. The van der Waals surface area contributed by atoms with E-state index in [4.69, 9.17) is 9.63 Å². The minimum absolute atomic E-state index is 0.0709. The third kappa shape index (κ3) is 3.05. The molecule has 5 nitrogen and oxygen atoms in total. The summed E-state index contributed by atoms with van der Waals surface area (Å²) in [6.07, 6.45) is 0. The van der Waals surface area contributed by atoms with Gasteiger partial charge in [0.05, 0.1) is 6.61 Å². The standard InChI is InChI=1S/C15H18N2O3/c1-3-17(8-9-18)15(19)14-10-13(16-20-14)12-6-4-11(2)5-7-12/h4-7,10,18H,3,8-9H2,1-2H3. The van der Waals surface area contributed by atoms with Gasteiger partial charge in [-0.1, -0.05) is 35.0 Å². The number of nitrogens with zero attached hydrogens (tertiary/aromatic N) is 2. The summed E-state index contributed by atoms with van der Waals surface area (Å²) in [5.74, 6) is -0.0664. The Morgan fingerprint density at radius 3 is 2.65 bits per heavy atom. The average Bonchev–Trinajstić information content (AvgIpc) is 2.94. The molecular formula is C15H18N2O3. The molecule has 5 heteroatoms. The summed E-state index contributed by atoms with van der Waals surface area (Å²) in [5, 5.41) is 12.9. The number of aryl methyl sites for hydroxylation is 1. The van der Waals surface area contributed by atoms with E-state index in [1.54, 1.807) is 6.07 Å². The highest BCUT2D eigenvalue weighted by atomic mass is 16.5. The van der Waals surface area contributed by atoms with Gasteiger partial charge in [0.1, 0.15) is 5.69 Å². The summed E-state index contributed by atoms with van der Waals surface area (Å²) >= 11 is 0. The highest BCUT2D eigenvalue weighted by Gasteiger charge is 2.19. The molecule has 2 aromatic rings. The zero-order valence-electron chi connectivity index (χ0n) is 11.7. The molecule has 106 valence electrons. The summed E-state index contributed by atoms with van der Waals surface area (Å²) in [4.78, 5) is 13.7. The van der Waals surface area contributed by atoms with Crippen molar-refractivity contribution in [1.82, 2.24) is 10.1 Å². The van der Waals surface area contributed by atoms with Gasteiger partial charge < -0.3 is 14.5 Å². The fourth-order valence-corrected chi connectivity index (χ4v) is 1.92. The number of amides is 1. The molecule has 1 amide bonds. The molecular weight excluding hydrogens is 256 g/mol. The van der Waals surface area contributed by atoms with Gasteiger partial charge in [0.25, 0.3) is 5.91 Å². The van der Waals surface area contributed by atoms with E-state index in [1.807, 2.05) is 38.1 Å². The molecule has 2 rings (SSSR count). The van der Waals surface area contributed by atoms with Crippen molar-refractivity contribution in [3.63, 3.8) is 0 Å². The Bertz CT molecular complexity index is 575. The smallest absolute Gasteiger partial charge is 0.292 e. The van der Waals surface area contributed by atoms with E-state index >= 15 is 0 Å². The lowest BCUT2D eigenvalue weighted by Crippen LogP contribution is -2.33. The van der Waals surface area contributed by atoms with Crippen LogP contribution in [0.2, 0.25) is 0 Å². The van der Waals surface area contributed by atoms with Crippen LogP contribution in [0.4, 0.5) is 0 Å². The van der Waals surface area contributed by atoms with Gasteiger partial charge in [0.2, 0.25) is 5.76 Å². The molecule has 0 spiro atoms. The van der Waals surface area contributed by atoms with Gasteiger partial charge in [-0.15, -0.1) is 0 Å². The first-order valence-electron chi connectivity index (χ1n) is 6.59. The fraction of sp³-hybridized carbons (Fsp3) is 0.333. The summed E-state index contributed by atoms with van der Waals surface area (Å²) < 4.78 is 5.12. The van der Waals surface area contributed by atoms with Crippen molar-refractivity contribution < 1.29 is 14.4 Å². The third-order valence-electron chi connectivity index (χ3n) is 3.11. The van der Waals surface area contributed by atoms with Crippen molar-refractivity contribution >= 4 is 5.91 Å². The second-order valence-corrected chi connectivity index (χ2v) is 4.55. The summed E-state index contributed by atoms with van der Waals surface area (Å²) in [6, 6.07) is 9.47. The quantitative estimate of drug-likeness (QED) is 0.906.